The van der Waals surface area contributed by atoms with Gasteiger partial charge in [0, 0.05) is 12.6 Å². The average molecular weight is 238 g/mol. The maximum absolute atomic E-state index is 5.96. The fourth-order valence-electron chi connectivity index (χ4n) is 1.62. The lowest BCUT2D eigenvalue weighted by molar-refractivity contribution is 0.415. The van der Waals surface area contributed by atoms with E-state index in [4.69, 9.17) is 22.1 Å². The van der Waals surface area contributed by atoms with Crippen LogP contribution in [0, 0.1) is 0 Å². The van der Waals surface area contributed by atoms with Gasteiger partial charge in [-0.25, -0.2) is 0 Å². The van der Waals surface area contributed by atoms with Crippen LogP contribution in [-0.2, 0) is 7.05 Å². The number of nitrogens with zero attached hydrogens (tertiary/aromatic N) is 2. The molecule has 2 aromatic rings. The van der Waals surface area contributed by atoms with Crippen LogP contribution in [0.4, 0.5) is 5.69 Å². The third-order valence-electron chi connectivity index (χ3n) is 2.39. The van der Waals surface area contributed by atoms with Gasteiger partial charge in [0.25, 0.3) is 0 Å². The molecular weight excluding hydrogens is 226 g/mol. The third kappa shape index (κ3) is 1.72. The lowest BCUT2D eigenvalue weighted by Gasteiger charge is -2.07. The van der Waals surface area contributed by atoms with Gasteiger partial charge in [0.2, 0.25) is 0 Å². The lowest BCUT2D eigenvalue weighted by atomic mass is 10.1. The van der Waals surface area contributed by atoms with Crippen LogP contribution >= 0.6 is 11.6 Å². The van der Waals surface area contributed by atoms with E-state index >= 15 is 0 Å². The smallest absolute Gasteiger partial charge is 0.138 e. The Morgan fingerprint density at radius 3 is 2.75 bits per heavy atom. The van der Waals surface area contributed by atoms with E-state index in [-0.39, 0.29) is 0 Å². The maximum atomic E-state index is 5.96. The highest BCUT2D eigenvalue weighted by atomic mass is 35.5. The summed E-state index contributed by atoms with van der Waals surface area (Å²) >= 11 is 5.96. The highest BCUT2D eigenvalue weighted by molar-refractivity contribution is 6.32. The molecule has 1 aromatic heterocycles. The van der Waals surface area contributed by atoms with E-state index in [0.29, 0.717) is 16.5 Å². The van der Waals surface area contributed by atoms with Gasteiger partial charge in [-0.2, -0.15) is 5.10 Å². The van der Waals surface area contributed by atoms with Crippen molar-refractivity contribution in [3.8, 4) is 17.0 Å². The Hall–Kier alpha value is -1.68. The van der Waals surface area contributed by atoms with E-state index < -0.39 is 0 Å². The number of ether oxygens (including phenoxy) is 1. The summed E-state index contributed by atoms with van der Waals surface area (Å²) in [5.41, 5.74) is 8.26. The lowest BCUT2D eigenvalue weighted by Crippen LogP contribution is -1.96. The normalized spacial score (nSPS) is 10.4. The highest BCUT2D eigenvalue weighted by Gasteiger charge is 2.10. The van der Waals surface area contributed by atoms with Gasteiger partial charge in [-0.3, -0.25) is 4.68 Å². The van der Waals surface area contributed by atoms with Gasteiger partial charge in [0.1, 0.15) is 5.75 Å². The first-order valence-corrected chi connectivity index (χ1v) is 5.12. The first-order chi connectivity index (χ1) is 7.63. The predicted octanol–water partition coefficient (Wildman–Crippen LogP) is 2.33. The van der Waals surface area contributed by atoms with Crippen molar-refractivity contribution >= 4 is 17.3 Å². The van der Waals surface area contributed by atoms with Gasteiger partial charge in [0.05, 0.1) is 29.7 Å². The largest absolute Gasteiger partial charge is 0.495 e. The number of rotatable bonds is 2. The molecule has 0 aliphatic rings. The van der Waals surface area contributed by atoms with Gasteiger partial charge < -0.3 is 10.5 Å². The molecule has 4 nitrogen and oxygen atoms in total. The Morgan fingerprint density at radius 1 is 1.44 bits per heavy atom. The van der Waals surface area contributed by atoms with Crippen molar-refractivity contribution in [3.05, 3.63) is 29.4 Å². The zero-order valence-electron chi connectivity index (χ0n) is 9.07. The highest BCUT2D eigenvalue weighted by Crippen LogP contribution is 2.32. The molecule has 16 heavy (non-hydrogen) atoms. The van der Waals surface area contributed by atoms with Gasteiger partial charge >= 0.3 is 0 Å². The number of anilines is 1. The van der Waals surface area contributed by atoms with Gasteiger partial charge in [-0.15, -0.1) is 0 Å². The number of aromatic nitrogens is 2. The van der Waals surface area contributed by atoms with Crippen LogP contribution < -0.4 is 10.5 Å². The quantitative estimate of drug-likeness (QED) is 0.872. The van der Waals surface area contributed by atoms with E-state index in [1.165, 1.54) is 0 Å². The topological polar surface area (TPSA) is 53.1 Å². The Balaban J connectivity index is 2.57. The molecule has 0 saturated heterocycles. The van der Waals surface area contributed by atoms with Crippen molar-refractivity contribution in [2.75, 3.05) is 12.8 Å². The van der Waals surface area contributed by atoms with Crippen LogP contribution in [-0.4, -0.2) is 16.9 Å². The summed E-state index contributed by atoms with van der Waals surface area (Å²) in [6.45, 7) is 0. The van der Waals surface area contributed by atoms with Crippen LogP contribution in [0.1, 0.15) is 0 Å². The SMILES string of the molecule is COc1cc(-c2c(N)cnn2C)ccc1Cl. The summed E-state index contributed by atoms with van der Waals surface area (Å²) in [4.78, 5) is 0. The van der Waals surface area contributed by atoms with E-state index in [9.17, 15) is 0 Å². The molecule has 0 radical (unpaired) electrons. The molecule has 5 heteroatoms. The van der Waals surface area contributed by atoms with Crippen LogP contribution in [0.15, 0.2) is 24.4 Å². The fraction of sp³-hybridized carbons (Fsp3) is 0.182. The molecule has 0 spiro atoms. The van der Waals surface area contributed by atoms with Crippen LogP contribution in [0.2, 0.25) is 5.02 Å². The molecule has 0 amide bonds. The van der Waals surface area contributed by atoms with Gasteiger partial charge in [-0.05, 0) is 12.1 Å². The van der Waals surface area contributed by atoms with Gasteiger partial charge in [0.15, 0.2) is 0 Å². The number of nitrogens with two attached hydrogens (primary N) is 1. The van der Waals surface area contributed by atoms with E-state index in [2.05, 4.69) is 5.10 Å². The van der Waals surface area contributed by atoms with E-state index in [1.807, 2.05) is 19.2 Å². The van der Waals surface area contributed by atoms with Crippen molar-refractivity contribution < 1.29 is 4.74 Å². The molecule has 2 N–H and O–H groups in total. The summed E-state index contributed by atoms with van der Waals surface area (Å²) in [6.07, 6.45) is 1.62. The standard InChI is InChI=1S/C11H12ClN3O/c1-15-11(9(13)6-14-15)7-3-4-8(12)10(5-7)16-2/h3-6H,13H2,1-2H3. The molecule has 0 atom stereocenters. The number of hydrogen-bond donors (Lipinski definition) is 1. The Bertz CT molecular complexity index is 502. The number of nitrogen functional groups attached to an aromatic ring is 1. The number of halogens is 1. The first kappa shape index (κ1) is 10.8. The summed E-state index contributed by atoms with van der Waals surface area (Å²) in [5.74, 6) is 0.625. The molecule has 0 fully saturated rings. The third-order valence-corrected chi connectivity index (χ3v) is 2.70. The number of aryl methyl sites for hydroxylation is 1. The average Bonchev–Trinajstić information content (AvgIpc) is 2.60. The second-order valence-electron chi connectivity index (χ2n) is 3.42. The molecule has 0 saturated carbocycles. The Kier molecular flexibility index (Phi) is 2.75. The summed E-state index contributed by atoms with van der Waals surface area (Å²) in [5, 5.41) is 4.66. The monoisotopic (exact) mass is 237 g/mol. The minimum absolute atomic E-state index is 0.576. The summed E-state index contributed by atoms with van der Waals surface area (Å²) in [7, 11) is 3.42. The molecule has 84 valence electrons. The second-order valence-corrected chi connectivity index (χ2v) is 3.83. The molecule has 0 aliphatic carbocycles. The second kappa shape index (κ2) is 4.06. The number of benzene rings is 1. The van der Waals surface area contributed by atoms with Crippen molar-refractivity contribution in [1.29, 1.82) is 0 Å². The zero-order chi connectivity index (χ0) is 11.7. The van der Waals surface area contributed by atoms with Crippen LogP contribution in [0.25, 0.3) is 11.3 Å². The molecule has 0 bridgehead atoms. The predicted molar refractivity (Wildman–Crippen MR) is 64.6 cm³/mol. The molecule has 0 aliphatic heterocycles. The molecule has 0 unspecified atom stereocenters. The van der Waals surface area contributed by atoms with Crippen LogP contribution in [0.3, 0.4) is 0 Å². The molecule has 2 rings (SSSR count). The minimum Gasteiger partial charge on any atom is -0.495 e. The van der Waals surface area contributed by atoms with Crippen molar-refractivity contribution in [2.45, 2.75) is 0 Å². The van der Waals surface area contributed by atoms with Crippen LogP contribution in [0.5, 0.6) is 5.75 Å². The first-order valence-electron chi connectivity index (χ1n) is 4.75. The fourth-order valence-corrected chi connectivity index (χ4v) is 1.81. The van der Waals surface area contributed by atoms with E-state index in [0.717, 1.165) is 11.3 Å². The Morgan fingerprint density at radius 2 is 2.19 bits per heavy atom. The van der Waals surface area contributed by atoms with E-state index in [1.54, 1.807) is 24.1 Å². The maximum Gasteiger partial charge on any atom is 0.138 e. The summed E-state index contributed by atoms with van der Waals surface area (Å²) in [6, 6.07) is 5.51. The number of methoxy groups -OCH3 is 1. The molecular formula is C11H12ClN3O. The van der Waals surface area contributed by atoms with Crippen molar-refractivity contribution in [3.63, 3.8) is 0 Å². The molecule has 1 heterocycles. The van der Waals surface area contributed by atoms with Crippen molar-refractivity contribution in [1.82, 2.24) is 9.78 Å². The van der Waals surface area contributed by atoms with Crippen molar-refractivity contribution in [2.24, 2.45) is 7.05 Å². The zero-order valence-corrected chi connectivity index (χ0v) is 9.82. The minimum atomic E-state index is 0.576. The molecule has 1 aromatic carbocycles. The summed E-state index contributed by atoms with van der Waals surface area (Å²) < 4.78 is 6.88. The van der Waals surface area contributed by atoms with Gasteiger partial charge in [-0.1, -0.05) is 17.7 Å². The number of hydrogen-bond acceptors (Lipinski definition) is 3. The Labute approximate surface area is 98.6 Å².